The van der Waals surface area contributed by atoms with Gasteiger partial charge in [-0.1, -0.05) is 31.4 Å². The van der Waals surface area contributed by atoms with E-state index in [0.29, 0.717) is 6.42 Å². The minimum absolute atomic E-state index is 0.0182. The van der Waals surface area contributed by atoms with Gasteiger partial charge >= 0.3 is 0 Å². The molecular formula is C25H23ClO8. The Kier molecular flexibility index (Phi) is 5.01. The molecule has 0 aromatic heterocycles. The van der Waals surface area contributed by atoms with Gasteiger partial charge < -0.3 is 24.1 Å². The molecule has 4 aliphatic rings. The van der Waals surface area contributed by atoms with Gasteiger partial charge in [-0.3, -0.25) is 14.4 Å². The SMILES string of the molecule is COc1cc(OC)c2c(c1Cl)O[C@@]1(C2=O)[C@H](C)CC(=O)C2C(C)C3=C(C#CCCC3=O)O[C@@]21O. The zero-order valence-corrected chi connectivity index (χ0v) is 19.9. The summed E-state index contributed by atoms with van der Waals surface area (Å²) in [5.74, 6) is -0.382. The van der Waals surface area contributed by atoms with Crippen LogP contribution >= 0.6 is 11.6 Å². The third-order valence-corrected chi connectivity index (χ3v) is 7.72. The van der Waals surface area contributed by atoms with Crippen molar-refractivity contribution in [2.45, 2.75) is 44.5 Å². The van der Waals surface area contributed by atoms with E-state index in [1.165, 1.54) is 20.3 Å². The van der Waals surface area contributed by atoms with Gasteiger partial charge in [0, 0.05) is 37.2 Å². The topological polar surface area (TPSA) is 108 Å². The summed E-state index contributed by atoms with van der Waals surface area (Å²) in [4.78, 5) is 40.2. The summed E-state index contributed by atoms with van der Waals surface area (Å²) < 4.78 is 23.0. The summed E-state index contributed by atoms with van der Waals surface area (Å²) in [7, 11) is 2.79. The average molecular weight is 487 g/mol. The molecule has 1 saturated carbocycles. The third kappa shape index (κ3) is 2.62. The summed E-state index contributed by atoms with van der Waals surface area (Å²) in [5, 5.41) is 12.2. The van der Waals surface area contributed by atoms with Crippen molar-refractivity contribution < 1.29 is 38.4 Å². The lowest BCUT2D eigenvalue weighted by atomic mass is 9.59. The number of Topliss-reactive ketones (excluding diaryl/α,β-unsaturated/α-hetero) is 3. The summed E-state index contributed by atoms with van der Waals surface area (Å²) in [6.07, 6.45) is 0.446. The molecular weight excluding hydrogens is 464 g/mol. The number of benzene rings is 1. The van der Waals surface area contributed by atoms with E-state index in [-0.39, 0.29) is 63.6 Å². The Hall–Kier alpha value is -3.02. The third-order valence-electron chi connectivity index (χ3n) is 7.36. The Labute approximate surface area is 201 Å². The van der Waals surface area contributed by atoms with Crippen LogP contribution in [0.25, 0.3) is 0 Å². The van der Waals surface area contributed by atoms with Crippen molar-refractivity contribution in [2.24, 2.45) is 17.8 Å². The van der Waals surface area contributed by atoms with Crippen molar-refractivity contribution in [1.29, 1.82) is 0 Å². The number of ketones is 3. The predicted octanol–water partition coefficient (Wildman–Crippen LogP) is 2.87. The number of ether oxygens (including phenoxy) is 4. The van der Waals surface area contributed by atoms with Gasteiger partial charge in [0.05, 0.1) is 25.7 Å². The lowest BCUT2D eigenvalue weighted by Crippen LogP contribution is -2.74. The summed E-state index contributed by atoms with van der Waals surface area (Å²) in [6.45, 7) is 3.30. The summed E-state index contributed by atoms with van der Waals surface area (Å²) in [6, 6.07) is 1.46. The molecule has 1 spiro atoms. The van der Waals surface area contributed by atoms with Crippen LogP contribution in [0.15, 0.2) is 17.4 Å². The Morgan fingerprint density at radius 1 is 1.15 bits per heavy atom. The number of allylic oxidation sites excluding steroid dienone is 2. The van der Waals surface area contributed by atoms with Gasteiger partial charge in [-0.05, 0) is 5.92 Å². The normalized spacial score (nSPS) is 33.7. The molecule has 1 fully saturated rings. The number of carbonyl (C=O) groups is 3. The zero-order chi connectivity index (χ0) is 24.6. The van der Waals surface area contributed by atoms with Gasteiger partial charge in [0.25, 0.3) is 5.79 Å². The van der Waals surface area contributed by atoms with Crippen LogP contribution in [-0.4, -0.2) is 48.1 Å². The van der Waals surface area contributed by atoms with Gasteiger partial charge in [-0.25, -0.2) is 0 Å². The number of fused-ring (bicyclic) bond motifs is 3. The Morgan fingerprint density at radius 2 is 1.85 bits per heavy atom. The largest absolute Gasteiger partial charge is 0.496 e. The van der Waals surface area contributed by atoms with Gasteiger partial charge in [0.2, 0.25) is 11.4 Å². The van der Waals surface area contributed by atoms with E-state index >= 15 is 0 Å². The maximum atomic E-state index is 14.1. The van der Waals surface area contributed by atoms with E-state index in [1.54, 1.807) is 13.8 Å². The number of rotatable bonds is 2. The quantitative estimate of drug-likeness (QED) is 0.636. The number of hydrogen-bond donors (Lipinski definition) is 1. The molecule has 2 unspecified atom stereocenters. The first-order valence-corrected chi connectivity index (χ1v) is 11.4. The van der Waals surface area contributed by atoms with Crippen LogP contribution in [-0.2, 0) is 14.3 Å². The standard InChI is InChI=1S/C25H23ClO8/c1-11-9-14(28)20-12(2)18-13(27)7-5-6-8-15(18)33-25(20,30)24(11)23(29)19-16(31-3)10-17(32-4)21(26)22(19)34-24/h10-12,20,30H,5,7,9H2,1-4H3/t11-,12?,20?,24-,25+/m1/s1. The fourth-order valence-electron chi connectivity index (χ4n) is 5.80. The van der Waals surface area contributed by atoms with Crippen molar-refractivity contribution in [3.05, 3.63) is 28.0 Å². The van der Waals surface area contributed by atoms with Crippen LogP contribution in [0.3, 0.4) is 0 Å². The van der Waals surface area contributed by atoms with Crippen LogP contribution in [0.4, 0.5) is 0 Å². The van der Waals surface area contributed by atoms with E-state index in [9.17, 15) is 19.5 Å². The molecule has 2 heterocycles. The second-order valence-corrected chi connectivity index (χ2v) is 9.45. The zero-order valence-electron chi connectivity index (χ0n) is 19.1. The molecule has 0 radical (unpaired) electrons. The van der Waals surface area contributed by atoms with E-state index in [4.69, 9.17) is 30.5 Å². The fraction of sp³-hybridized carbons (Fsp3) is 0.480. The highest BCUT2D eigenvalue weighted by Crippen LogP contribution is 2.60. The highest BCUT2D eigenvalue weighted by Gasteiger charge is 2.76. The minimum atomic E-state index is -2.43. The van der Waals surface area contributed by atoms with Crippen molar-refractivity contribution >= 4 is 29.0 Å². The maximum absolute atomic E-state index is 14.1. The molecule has 0 saturated heterocycles. The van der Waals surface area contributed by atoms with Crippen molar-refractivity contribution in [3.8, 4) is 29.1 Å². The van der Waals surface area contributed by atoms with Crippen LogP contribution < -0.4 is 14.2 Å². The molecule has 2 aliphatic carbocycles. The number of methoxy groups -OCH3 is 2. The molecule has 1 aromatic rings. The Bertz CT molecular complexity index is 1250. The number of aliphatic hydroxyl groups is 1. The van der Waals surface area contributed by atoms with E-state index in [1.807, 2.05) is 0 Å². The van der Waals surface area contributed by atoms with E-state index in [2.05, 4.69) is 11.8 Å². The molecule has 1 N–H and O–H groups in total. The summed E-state index contributed by atoms with van der Waals surface area (Å²) >= 11 is 6.50. The number of hydrogen-bond acceptors (Lipinski definition) is 8. The lowest BCUT2D eigenvalue weighted by molar-refractivity contribution is -0.305. The number of halogens is 1. The maximum Gasteiger partial charge on any atom is 0.267 e. The van der Waals surface area contributed by atoms with Crippen LogP contribution in [0.1, 0.15) is 43.5 Å². The highest BCUT2D eigenvalue weighted by atomic mass is 35.5. The van der Waals surface area contributed by atoms with Gasteiger partial charge in [-0.2, -0.15) is 0 Å². The molecule has 1 aromatic carbocycles. The Balaban J connectivity index is 1.76. The van der Waals surface area contributed by atoms with Crippen LogP contribution in [0.5, 0.6) is 17.2 Å². The smallest absolute Gasteiger partial charge is 0.267 e. The summed E-state index contributed by atoms with van der Waals surface area (Å²) in [5.41, 5.74) is -1.74. The molecule has 34 heavy (non-hydrogen) atoms. The molecule has 2 aliphatic heterocycles. The first-order chi connectivity index (χ1) is 16.1. The van der Waals surface area contributed by atoms with Gasteiger partial charge in [-0.15, -0.1) is 0 Å². The molecule has 8 nitrogen and oxygen atoms in total. The van der Waals surface area contributed by atoms with Crippen molar-refractivity contribution in [1.82, 2.24) is 0 Å². The number of carbonyl (C=O) groups excluding carboxylic acids is 3. The average Bonchev–Trinajstić information content (AvgIpc) is 2.99. The van der Waals surface area contributed by atoms with E-state index in [0.717, 1.165) is 0 Å². The first kappa shape index (κ1) is 22.8. The first-order valence-electron chi connectivity index (χ1n) is 11.0. The van der Waals surface area contributed by atoms with Gasteiger partial charge in [0.15, 0.2) is 17.3 Å². The minimum Gasteiger partial charge on any atom is -0.496 e. The van der Waals surface area contributed by atoms with Crippen LogP contribution in [0.2, 0.25) is 5.02 Å². The molecule has 178 valence electrons. The fourth-order valence-corrected chi connectivity index (χ4v) is 6.07. The van der Waals surface area contributed by atoms with Crippen LogP contribution in [0, 0.1) is 29.6 Å². The second kappa shape index (κ2) is 7.49. The van der Waals surface area contributed by atoms with Crippen molar-refractivity contribution in [3.63, 3.8) is 0 Å². The highest BCUT2D eigenvalue weighted by molar-refractivity contribution is 6.35. The van der Waals surface area contributed by atoms with Gasteiger partial charge in [0.1, 0.15) is 27.9 Å². The lowest BCUT2D eigenvalue weighted by Gasteiger charge is -2.55. The molecule has 5 rings (SSSR count). The second-order valence-electron chi connectivity index (χ2n) is 9.07. The monoisotopic (exact) mass is 486 g/mol. The van der Waals surface area contributed by atoms with Crippen molar-refractivity contribution in [2.75, 3.05) is 14.2 Å². The molecule has 0 amide bonds. The molecule has 9 heteroatoms. The molecule has 0 bridgehead atoms. The Morgan fingerprint density at radius 3 is 2.53 bits per heavy atom. The molecule has 5 atom stereocenters. The predicted molar refractivity (Wildman–Crippen MR) is 119 cm³/mol. The van der Waals surface area contributed by atoms with E-state index < -0.39 is 34.9 Å².